The lowest BCUT2D eigenvalue weighted by Gasteiger charge is -2.31. The van der Waals surface area contributed by atoms with Crippen molar-refractivity contribution in [1.29, 1.82) is 0 Å². The summed E-state index contributed by atoms with van der Waals surface area (Å²) < 4.78 is 74.8. The van der Waals surface area contributed by atoms with Gasteiger partial charge in [-0.1, -0.05) is 12.1 Å². The number of fused-ring (bicyclic) bond motifs is 1. The maximum atomic E-state index is 13.3. The molecule has 1 aliphatic heterocycles. The molecule has 1 aromatic heterocycles. The summed E-state index contributed by atoms with van der Waals surface area (Å²) in [5, 5.41) is 0.386. The fraction of sp³-hybridized carbons (Fsp3) is 0.318. The number of nitrogens with two attached hydrogens (primary N) is 1. The topological polar surface area (TPSA) is 68.7 Å². The molecule has 0 bridgehead atoms. The van der Waals surface area contributed by atoms with Gasteiger partial charge in [-0.15, -0.1) is 13.2 Å². The van der Waals surface area contributed by atoms with E-state index in [2.05, 4.69) is 4.74 Å². The van der Waals surface area contributed by atoms with Crippen LogP contribution < -0.4 is 10.5 Å². The van der Waals surface area contributed by atoms with Crippen molar-refractivity contribution in [2.75, 3.05) is 13.1 Å². The molecule has 3 aromatic rings. The molecule has 0 saturated carbocycles. The highest BCUT2D eigenvalue weighted by Gasteiger charge is 2.36. The minimum atomic E-state index is -4.91. The molecule has 0 aliphatic carbocycles. The predicted octanol–water partition coefficient (Wildman–Crippen LogP) is 5.33. The zero-order valence-corrected chi connectivity index (χ0v) is 16.7. The number of amides is 1. The second kappa shape index (κ2) is 8.09. The zero-order chi connectivity index (χ0) is 23.1. The molecule has 170 valence electrons. The maximum absolute atomic E-state index is 13.3. The number of carbonyl (C=O) groups excluding carboxylic acids is 1. The molecule has 0 spiro atoms. The fourth-order valence-electron chi connectivity index (χ4n) is 3.67. The van der Waals surface area contributed by atoms with Crippen LogP contribution in [0.5, 0.6) is 5.75 Å². The molecular formula is C22H19F5N2O3. The molecule has 0 atom stereocenters. The van der Waals surface area contributed by atoms with E-state index in [1.807, 2.05) is 0 Å². The van der Waals surface area contributed by atoms with Gasteiger partial charge >= 0.3 is 6.36 Å². The summed E-state index contributed by atoms with van der Waals surface area (Å²) >= 11 is 0. The molecular weight excluding hydrogens is 435 g/mol. The molecule has 1 aliphatic rings. The van der Waals surface area contributed by atoms with Crippen LogP contribution in [0, 0.1) is 0 Å². The van der Waals surface area contributed by atoms with Gasteiger partial charge in [0.15, 0.2) is 11.3 Å². The van der Waals surface area contributed by atoms with E-state index in [1.54, 1.807) is 18.2 Å². The number of alkyl halides is 5. The average Bonchev–Trinajstić information content (AvgIpc) is 3.16. The molecule has 2 heterocycles. The van der Waals surface area contributed by atoms with Gasteiger partial charge in [0.05, 0.1) is 6.54 Å². The molecule has 32 heavy (non-hydrogen) atoms. The van der Waals surface area contributed by atoms with Crippen LogP contribution in [0.3, 0.4) is 0 Å². The third-order valence-corrected chi connectivity index (χ3v) is 5.31. The minimum absolute atomic E-state index is 0.00864. The van der Waals surface area contributed by atoms with Gasteiger partial charge in [-0.25, -0.2) is 8.78 Å². The Labute approximate surface area is 179 Å². The largest absolute Gasteiger partial charge is 0.573 e. The normalized spacial score (nSPS) is 16.4. The number of nitrogens with zero attached hydrogens (tertiary/aromatic N) is 1. The first kappa shape index (κ1) is 22.1. The van der Waals surface area contributed by atoms with Crippen LogP contribution in [0.4, 0.5) is 22.0 Å². The maximum Gasteiger partial charge on any atom is 0.573 e. The van der Waals surface area contributed by atoms with Gasteiger partial charge in [-0.3, -0.25) is 4.79 Å². The molecule has 0 radical (unpaired) electrons. The summed E-state index contributed by atoms with van der Waals surface area (Å²) in [4.78, 5) is 14.0. The molecule has 4 rings (SSSR count). The number of hydrogen-bond donors (Lipinski definition) is 1. The van der Waals surface area contributed by atoms with Crippen LogP contribution in [0.1, 0.15) is 29.0 Å². The zero-order valence-electron chi connectivity index (χ0n) is 16.7. The third-order valence-electron chi connectivity index (χ3n) is 5.31. The van der Waals surface area contributed by atoms with E-state index in [1.165, 1.54) is 29.2 Å². The van der Waals surface area contributed by atoms with Gasteiger partial charge in [-0.2, -0.15) is 0 Å². The molecule has 0 unspecified atom stereocenters. The average molecular weight is 454 g/mol. The summed E-state index contributed by atoms with van der Waals surface area (Å²) in [7, 11) is 0. The molecule has 1 fully saturated rings. The standard InChI is InChI=1S/C22H19F5N2O3/c23-21(24)5-7-29(8-6-21)20(30)14-3-1-13(2-4-14)15-9-16-10-17(12-28)31-19(16)18(11-15)32-22(25,26)27/h1-4,9-11H,5-8,12,28H2. The van der Waals surface area contributed by atoms with E-state index in [-0.39, 0.29) is 44.0 Å². The number of halogens is 5. The highest BCUT2D eigenvalue weighted by atomic mass is 19.4. The van der Waals surface area contributed by atoms with Crippen LogP contribution >= 0.6 is 0 Å². The first-order chi connectivity index (χ1) is 15.0. The summed E-state index contributed by atoms with van der Waals surface area (Å²) in [5.74, 6) is -3.32. The predicted molar refractivity (Wildman–Crippen MR) is 106 cm³/mol. The van der Waals surface area contributed by atoms with E-state index in [0.29, 0.717) is 27.8 Å². The fourth-order valence-corrected chi connectivity index (χ4v) is 3.67. The minimum Gasteiger partial charge on any atom is -0.456 e. The number of ether oxygens (including phenoxy) is 1. The Kier molecular flexibility index (Phi) is 5.58. The number of hydrogen-bond acceptors (Lipinski definition) is 4. The van der Waals surface area contributed by atoms with Crippen molar-refractivity contribution in [3.63, 3.8) is 0 Å². The number of benzene rings is 2. The highest BCUT2D eigenvalue weighted by Crippen LogP contribution is 2.37. The van der Waals surface area contributed by atoms with Gasteiger partial charge < -0.3 is 19.8 Å². The number of piperidine rings is 1. The second-order valence-corrected chi connectivity index (χ2v) is 7.58. The van der Waals surface area contributed by atoms with Crippen molar-refractivity contribution in [2.45, 2.75) is 31.7 Å². The van der Waals surface area contributed by atoms with Gasteiger partial charge in [0.1, 0.15) is 5.76 Å². The molecule has 2 aromatic carbocycles. The van der Waals surface area contributed by atoms with Crippen molar-refractivity contribution in [1.82, 2.24) is 4.90 Å². The first-order valence-corrected chi connectivity index (χ1v) is 9.84. The molecule has 5 nitrogen and oxygen atoms in total. The smallest absolute Gasteiger partial charge is 0.456 e. The van der Waals surface area contributed by atoms with Crippen molar-refractivity contribution >= 4 is 16.9 Å². The van der Waals surface area contributed by atoms with Crippen LogP contribution in [-0.2, 0) is 6.54 Å². The Hall–Kier alpha value is -3.14. The number of likely N-dealkylation sites (tertiary alicyclic amines) is 1. The van der Waals surface area contributed by atoms with Crippen molar-refractivity contribution in [2.24, 2.45) is 5.73 Å². The Morgan fingerprint density at radius 1 is 1.06 bits per heavy atom. The summed E-state index contributed by atoms with van der Waals surface area (Å²) in [5.41, 5.74) is 6.72. The summed E-state index contributed by atoms with van der Waals surface area (Å²) in [6.45, 7) is -0.0621. The monoisotopic (exact) mass is 454 g/mol. The van der Waals surface area contributed by atoms with E-state index in [4.69, 9.17) is 10.2 Å². The first-order valence-electron chi connectivity index (χ1n) is 9.84. The Bertz CT molecular complexity index is 1130. The number of furan rings is 1. The highest BCUT2D eigenvalue weighted by molar-refractivity contribution is 5.95. The van der Waals surface area contributed by atoms with Crippen LogP contribution in [0.15, 0.2) is 46.9 Å². The number of rotatable bonds is 4. The Morgan fingerprint density at radius 3 is 2.31 bits per heavy atom. The lowest BCUT2D eigenvalue weighted by atomic mass is 10.0. The van der Waals surface area contributed by atoms with Crippen molar-refractivity contribution < 1.29 is 35.9 Å². The van der Waals surface area contributed by atoms with E-state index < -0.39 is 18.0 Å². The second-order valence-electron chi connectivity index (χ2n) is 7.58. The van der Waals surface area contributed by atoms with Crippen LogP contribution in [0.25, 0.3) is 22.1 Å². The van der Waals surface area contributed by atoms with Gasteiger partial charge in [-0.05, 0) is 41.5 Å². The van der Waals surface area contributed by atoms with E-state index in [9.17, 15) is 26.7 Å². The van der Waals surface area contributed by atoms with Gasteiger partial charge in [0.25, 0.3) is 11.8 Å². The Morgan fingerprint density at radius 2 is 1.72 bits per heavy atom. The lowest BCUT2D eigenvalue weighted by Crippen LogP contribution is -2.42. The third kappa shape index (κ3) is 4.69. The van der Waals surface area contributed by atoms with E-state index in [0.717, 1.165) is 0 Å². The van der Waals surface area contributed by atoms with Gasteiger partial charge in [0, 0.05) is 36.9 Å². The Balaban J connectivity index is 1.62. The molecule has 10 heteroatoms. The van der Waals surface area contributed by atoms with Crippen LogP contribution in [0.2, 0.25) is 0 Å². The molecule has 2 N–H and O–H groups in total. The van der Waals surface area contributed by atoms with Gasteiger partial charge in [0.2, 0.25) is 0 Å². The summed E-state index contributed by atoms with van der Waals surface area (Å²) in [6, 6.07) is 10.5. The number of carbonyl (C=O) groups is 1. The molecule has 1 saturated heterocycles. The van der Waals surface area contributed by atoms with Crippen LogP contribution in [-0.4, -0.2) is 36.2 Å². The lowest BCUT2D eigenvalue weighted by molar-refractivity contribution is -0.274. The summed E-state index contributed by atoms with van der Waals surface area (Å²) in [6.07, 6.45) is -5.68. The van der Waals surface area contributed by atoms with E-state index >= 15 is 0 Å². The van der Waals surface area contributed by atoms with Crippen molar-refractivity contribution in [3.8, 4) is 16.9 Å². The quantitative estimate of drug-likeness (QED) is 0.542. The van der Waals surface area contributed by atoms with Crippen molar-refractivity contribution in [3.05, 3.63) is 53.8 Å². The molecule has 1 amide bonds. The SMILES string of the molecule is NCc1cc2cc(-c3ccc(C(=O)N4CCC(F)(F)CC4)cc3)cc(OC(F)(F)F)c2o1.